The summed E-state index contributed by atoms with van der Waals surface area (Å²) < 4.78 is 3.96. The number of hydrogen-bond acceptors (Lipinski definition) is 5. The molecule has 1 aliphatic heterocycles. The molecule has 1 spiro atoms. The normalized spacial score (nSPS) is 20.8. The van der Waals surface area contributed by atoms with Crippen LogP contribution in [0.15, 0.2) is 37.2 Å². The van der Waals surface area contributed by atoms with Gasteiger partial charge in [0.05, 0.1) is 30.9 Å². The summed E-state index contributed by atoms with van der Waals surface area (Å²) in [5, 5.41) is 3.08. The molecule has 0 unspecified atom stereocenters. The third kappa shape index (κ3) is 2.98. The minimum absolute atomic E-state index is 0.0353. The largest absolute Gasteiger partial charge is 0.355 e. The molecular formula is C22H25N7O. The Morgan fingerprint density at radius 1 is 1.20 bits per heavy atom. The van der Waals surface area contributed by atoms with Gasteiger partial charge in [-0.3, -0.25) is 4.79 Å². The first-order valence-electron chi connectivity index (χ1n) is 10.6. The van der Waals surface area contributed by atoms with Crippen LogP contribution in [0.3, 0.4) is 0 Å². The van der Waals surface area contributed by atoms with Crippen molar-refractivity contribution in [3.05, 3.63) is 59.8 Å². The summed E-state index contributed by atoms with van der Waals surface area (Å²) in [6.07, 6.45) is 11.8. The Hall–Kier alpha value is -3.16. The number of imidazole rings is 2. The Morgan fingerprint density at radius 3 is 2.83 bits per heavy atom. The van der Waals surface area contributed by atoms with Crippen LogP contribution < -0.4 is 10.2 Å². The topological polar surface area (TPSA) is 80.9 Å². The Balaban J connectivity index is 1.08. The molecule has 0 bridgehead atoms. The fourth-order valence-electron chi connectivity index (χ4n) is 4.75. The van der Waals surface area contributed by atoms with Crippen molar-refractivity contribution in [3.8, 4) is 0 Å². The highest BCUT2D eigenvalue weighted by atomic mass is 16.2. The second-order valence-electron chi connectivity index (χ2n) is 9.06. The Bertz CT molecular complexity index is 1100. The number of aryl methyl sites for hydroxylation is 1. The Labute approximate surface area is 175 Å². The van der Waals surface area contributed by atoms with Crippen LogP contribution in [0.5, 0.6) is 0 Å². The molecule has 2 aliphatic carbocycles. The minimum Gasteiger partial charge on any atom is -0.355 e. The van der Waals surface area contributed by atoms with Crippen LogP contribution in [0.1, 0.15) is 52.7 Å². The van der Waals surface area contributed by atoms with Crippen LogP contribution >= 0.6 is 0 Å². The van der Waals surface area contributed by atoms with Gasteiger partial charge in [0.2, 0.25) is 0 Å². The molecule has 1 N–H and O–H groups in total. The molecule has 3 aliphatic rings. The van der Waals surface area contributed by atoms with Crippen molar-refractivity contribution in [2.24, 2.45) is 12.5 Å². The molecule has 4 heterocycles. The summed E-state index contributed by atoms with van der Waals surface area (Å²) in [5.74, 6) is 0.907. The molecule has 154 valence electrons. The van der Waals surface area contributed by atoms with Crippen molar-refractivity contribution in [1.29, 1.82) is 0 Å². The van der Waals surface area contributed by atoms with Crippen molar-refractivity contribution in [3.63, 3.8) is 0 Å². The van der Waals surface area contributed by atoms with E-state index in [1.807, 2.05) is 28.7 Å². The quantitative estimate of drug-likeness (QED) is 0.705. The van der Waals surface area contributed by atoms with Gasteiger partial charge in [0.15, 0.2) is 0 Å². The first-order valence-corrected chi connectivity index (χ1v) is 10.6. The third-order valence-corrected chi connectivity index (χ3v) is 6.77. The zero-order valence-corrected chi connectivity index (χ0v) is 17.1. The summed E-state index contributed by atoms with van der Waals surface area (Å²) in [7, 11) is 1.99. The fourth-order valence-corrected chi connectivity index (χ4v) is 4.75. The van der Waals surface area contributed by atoms with Crippen molar-refractivity contribution in [2.75, 3.05) is 18.0 Å². The fraction of sp³-hybridized carbons (Fsp3) is 0.455. The molecule has 1 saturated heterocycles. The molecule has 0 radical (unpaired) electrons. The standard InChI is InChI=1S/C22H25N7O/c1-27-13-25-20-16(3-4-18(20)27)26-21(30)17-10-28(14-24-17)9-15-2-5-19(23-8-15)29-11-22(12-29)6-7-22/h2,5,8,10,13-14,16H,3-4,6-7,9,11-12H2,1H3,(H,26,30)/t16-/m1/s1. The van der Waals surface area contributed by atoms with Gasteiger partial charge in [0.25, 0.3) is 5.91 Å². The number of nitrogens with one attached hydrogen (secondary N) is 1. The van der Waals surface area contributed by atoms with Gasteiger partial charge in [-0.25, -0.2) is 15.0 Å². The van der Waals surface area contributed by atoms with E-state index in [9.17, 15) is 4.79 Å². The lowest BCUT2D eigenvalue weighted by Gasteiger charge is -2.40. The Kier molecular flexibility index (Phi) is 3.78. The number of hydrogen-bond donors (Lipinski definition) is 1. The van der Waals surface area contributed by atoms with E-state index in [1.54, 1.807) is 12.5 Å². The zero-order chi connectivity index (χ0) is 20.3. The van der Waals surface area contributed by atoms with E-state index < -0.39 is 0 Å². The highest BCUT2D eigenvalue weighted by molar-refractivity contribution is 5.92. The van der Waals surface area contributed by atoms with E-state index in [-0.39, 0.29) is 11.9 Å². The predicted molar refractivity (Wildman–Crippen MR) is 111 cm³/mol. The third-order valence-electron chi connectivity index (χ3n) is 6.77. The number of amides is 1. The second kappa shape index (κ2) is 6.42. The molecule has 1 saturated carbocycles. The maximum atomic E-state index is 12.7. The van der Waals surface area contributed by atoms with E-state index in [1.165, 1.54) is 18.5 Å². The van der Waals surface area contributed by atoms with E-state index in [4.69, 9.17) is 0 Å². The van der Waals surface area contributed by atoms with Crippen LogP contribution in [0, 0.1) is 5.41 Å². The van der Waals surface area contributed by atoms with Gasteiger partial charge in [-0.1, -0.05) is 6.07 Å². The second-order valence-corrected chi connectivity index (χ2v) is 9.06. The van der Waals surface area contributed by atoms with Gasteiger partial charge in [-0.05, 0) is 37.3 Å². The van der Waals surface area contributed by atoms with E-state index in [0.29, 0.717) is 17.7 Å². The summed E-state index contributed by atoms with van der Waals surface area (Å²) in [6.45, 7) is 2.95. The summed E-state index contributed by atoms with van der Waals surface area (Å²) >= 11 is 0. The molecule has 3 aromatic heterocycles. The number of carbonyl (C=O) groups is 1. The smallest absolute Gasteiger partial charge is 0.272 e. The molecule has 6 rings (SSSR count). The number of aromatic nitrogens is 5. The molecule has 3 aromatic rings. The number of rotatable bonds is 5. The number of nitrogens with zero attached hydrogens (tertiary/aromatic N) is 6. The van der Waals surface area contributed by atoms with E-state index in [2.05, 4.69) is 37.3 Å². The number of carbonyl (C=O) groups excluding carboxylic acids is 1. The van der Waals surface area contributed by atoms with Crippen LogP contribution in [0.25, 0.3) is 0 Å². The van der Waals surface area contributed by atoms with Crippen molar-refractivity contribution in [2.45, 2.75) is 38.3 Å². The lowest BCUT2D eigenvalue weighted by atomic mass is 9.97. The zero-order valence-electron chi connectivity index (χ0n) is 17.1. The highest BCUT2D eigenvalue weighted by Gasteiger charge is 2.52. The van der Waals surface area contributed by atoms with Crippen molar-refractivity contribution in [1.82, 2.24) is 29.4 Å². The molecule has 1 amide bonds. The molecular weight excluding hydrogens is 378 g/mol. The average molecular weight is 403 g/mol. The van der Waals surface area contributed by atoms with Gasteiger partial charge in [0, 0.05) is 43.6 Å². The number of anilines is 1. The van der Waals surface area contributed by atoms with Gasteiger partial charge in [-0.15, -0.1) is 0 Å². The van der Waals surface area contributed by atoms with E-state index in [0.717, 1.165) is 43.0 Å². The number of fused-ring (bicyclic) bond motifs is 1. The van der Waals surface area contributed by atoms with Gasteiger partial charge in [-0.2, -0.15) is 0 Å². The molecule has 8 nitrogen and oxygen atoms in total. The summed E-state index contributed by atoms with van der Waals surface area (Å²) in [5.41, 5.74) is 4.33. The summed E-state index contributed by atoms with van der Waals surface area (Å²) in [6, 6.07) is 4.17. The lowest BCUT2D eigenvalue weighted by molar-refractivity contribution is 0.0931. The Morgan fingerprint density at radius 2 is 2.07 bits per heavy atom. The maximum Gasteiger partial charge on any atom is 0.272 e. The van der Waals surface area contributed by atoms with Gasteiger partial charge in [0.1, 0.15) is 11.5 Å². The number of pyridine rings is 1. The average Bonchev–Trinajstić information content (AvgIpc) is 3.03. The molecule has 2 fully saturated rings. The maximum absolute atomic E-state index is 12.7. The first-order chi connectivity index (χ1) is 14.6. The SMILES string of the molecule is Cn1cnc2c1CC[C@H]2NC(=O)c1cn(Cc2ccc(N3CC4(CC4)C3)nc2)cn1. The van der Waals surface area contributed by atoms with Crippen LogP contribution in [0.2, 0.25) is 0 Å². The molecule has 0 aromatic carbocycles. The van der Waals surface area contributed by atoms with Gasteiger partial charge < -0.3 is 19.4 Å². The van der Waals surface area contributed by atoms with Crippen molar-refractivity contribution >= 4 is 11.7 Å². The summed E-state index contributed by atoms with van der Waals surface area (Å²) in [4.78, 5) is 28.4. The van der Waals surface area contributed by atoms with Gasteiger partial charge >= 0.3 is 0 Å². The van der Waals surface area contributed by atoms with Crippen LogP contribution in [0.4, 0.5) is 5.82 Å². The minimum atomic E-state index is -0.155. The van der Waals surface area contributed by atoms with Crippen LogP contribution in [-0.2, 0) is 20.0 Å². The highest BCUT2D eigenvalue weighted by Crippen LogP contribution is 2.53. The monoisotopic (exact) mass is 403 g/mol. The predicted octanol–water partition coefficient (Wildman–Crippen LogP) is 2.08. The van der Waals surface area contributed by atoms with Crippen LogP contribution in [-0.4, -0.2) is 43.1 Å². The molecule has 8 heteroatoms. The van der Waals surface area contributed by atoms with E-state index >= 15 is 0 Å². The molecule has 1 atom stereocenters. The van der Waals surface area contributed by atoms with Crippen molar-refractivity contribution < 1.29 is 4.79 Å². The lowest BCUT2D eigenvalue weighted by Crippen LogP contribution is -2.48. The first kappa shape index (κ1) is 17.7. The molecule has 30 heavy (non-hydrogen) atoms.